The summed E-state index contributed by atoms with van der Waals surface area (Å²) in [6, 6.07) is 13.2. The molecule has 0 N–H and O–H groups in total. The van der Waals surface area contributed by atoms with E-state index in [9.17, 15) is 9.59 Å². The number of pyridine rings is 1. The average molecular weight is 416 g/mol. The Morgan fingerprint density at radius 2 is 2.00 bits per heavy atom. The Balaban J connectivity index is 0.00000243. The summed E-state index contributed by atoms with van der Waals surface area (Å²) in [4.78, 5) is 23.1. The van der Waals surface area contributed by atoms with Gasteiger partial charge in [0.15, 0.2) is 18.7 Å². The first-order valence-corrected chi connectivity index (χ1v) is 7.96. The van der Waals surface area contributed by atoms with E-state index in [1.807, 2.05) is 42.5 Å². The van der Waals surface area contributed by atoms with Crippen molar-refractivity contribution in [3.8, 4) is 16.9 Å². The van der Waals surface area contributed by atoms with Crippen LogP contribution < -0.4 is 21.5 Å². The van der Waals surface area contributed by atoms with E-state index in [0.29, 0.717) is 17.9 Å². The van der Waals surface area contributed by atoms with Crippen LogP contribution in [-0.4, -0.2) is 28.6 Å². The normalized spacial score (nSPS) is 10.0. The van der Waals surface area contributed by atoms with Gasteiger partial charge in [-0.05, 0) is 25.1 Å². The summed E-state index contributed by atoms with van der Waals surface area (Å²) in [5.41, 5.74) is 2.67. The SMILES string of the molecule is CCOC(=O)C[n+]1cccc(-c2nn(-c3ccccc3)cc2C=O)c1.[Br-]. The van der Waals surface area contributed by atoms with Gasteiger partial charge in [0, 0.05) is 12.3 Å². The molecular weight excluding hydrogens is 398 g/mol. The zero-order valence-electron chi connectivity index (χ0n) is 14.2. The van der Waals surface area contributed by atoms with Crippen molar-refractivity contribution in [3.63, 3.8) is 0 Å². The summed E-state index contributed by atoms with van der Waals surface area (Å²) in [6.45, 7) is 2.22. The zero-order chi connectivity index (χ0) is 17.6. The highest BCUT2D eigenvalue weighted by Crippen LogP contribution is 2.21. The molecule has 3 aromatic rings. The third-order valence-corrected chi connectivity index (χ3v) is 3.64. The van der Waals surface area contributed by atoms with Crippen molar-refractivity contribution in [2.75, 3.05) is 6.61 Å². The molecule has 0 spiro atoms. The maximum Gasteiger partial charge on any atom is 0.372 e. The second-order valence-corrected chi connectivity index (χ2v) is 5.40. The molecule has 7 heteroatoms. The van der Waals surface area contributed by atoms with Crippen LogP contribution in [0.4, 0.5) is 0 Å². The van der Waals surface area contributed by atoms with Crippen molar-refractivity contribution >= 4 is 12.3 Å². The molecule has 0 fully saturated rings. The van der Waals surface area contributed by atoms with Crippen LogP contribution in [0.5, 0.6) is 0 Å². The van der Waals surface area contributed by atoms with Crippen LogP contribution in [0.15, 0.2) is 61.1 Å². The lowest BCUT2D eigenvalue weighted by molar-refractivity contribution is -0.685. The Hall–Kier alpha value is -2.80. The molecule has 1 aromatic carbocycles. The van der Waals surface area contributed by atoms with Crippen LogP contribution in [0.2, 0.25) is 0 Å². The van der Waals surface area contributed by atoms with Gasteiger partial charge in [-0.3, -0.25) is 4.79 Å². The summed E-state index contributed by atoms with van der Waals surface area (Å²) in [6.07, 6.45) is 6.03. The molecule has 0 amide bonds. The summed E-state index contributed by atoms with van der Waals surface area (Å²) < 4.78 is 8.34. The van der Waals surface area contributed by atoms with E-state index in [1.54, 1.807) is 34.8 Å². The molecule has 0 unspecified atom stereocenters. The van der Waals surface area contributed by atoms with Crippen molar-refractivity contribution in [1.82, 2.24) is 9.78 Å². The van der Waals surface area contributed by atoms with Gasteiger partial charge in [0.25, 0.3) is 0 Å². The molecule has 3 rings (SSSR count). The fourth-order valence-electron chi connectivity index (χ4n) is 2.53. The molecule has 0 bridgehead atoms. The van der Waals surface area contributed by atoms with Gasteiger partial charge in [-0.2, -0.15) is 9.67 Å². The lowest BCUT2D eigenvalue weighted by Gasteiger charge is -2.01. The van der Waals surface area contributed by atoms with Gasteiger partial charge in [-0.25, -0.2) is 9.48 Å². The highest BCUT2D eigenvalue weighted by molar-refractivity contribution is 5.85. The molecule has 0 aliphatic carbocycles. The quantitative estimate of drug-likeness (QED) is 0.300. The minimum atomic E-state index is -0.310. The van der Waals surface area contributed by atoms with Gasteiger partial charge in [0.2, 0.25) is 6.54 Å². The molecule has 26 heavy (non-hydrogen) atoms. The number of halogens is 1. The summed E-state index contributed by atoms with van der Waals surface area (Å²) >= 11 is 0. The molecule has 134 valence electrons. The van der Waals surface area contributed by atoms with Crippen molar-refractivity contribution in [2.24, 2.45) is 0 Å². The van der Waals surface area contributed by atoms with Gasteiger partial charge in [-0.1, -0.05) is 18.2 Å². The van der Waals surface area contributed by atoms with Crippen LogP contribution >= 0.6 is 0 Å². The number of aromatic nitrogens is 3. The molecule has 0 saturated carbocycles. The van der Waals surface area contributed by atoms with E-state index >= 15 is 0 Å². The first kappa shape index (κ1) is 19.5. The number of esters is 1. The van der Waals surface area contributed by atoms with Crippen molar-refractivity contribution < 1.29 is 35.9 Å². The number of carbonyl (C=O) groups is 2. The molecule has 0 aliphatic rings. The second kappa shape index (κ2) is 9.05. The molecule has 2 heterocycles. The number of rotatable bonds is 6. The fraction of sp³-hybridized carbons (Fsp3) is 0.158. The van der Waals surface area contributed by atoms with E-state index in [2.05, 4.69) is 5.10 Å². The van der Waals surface area contributed by atoms with Gasteiger partial charge >= 0.3 is 5.97 Å². The Kier molecular flexibility index (Phi) is 6.80. The van der Waals surface area contributed by atoms with Crippen LogP contribution in [0.25, 0.3) is 16.9 Å². The minimum absolute atomic E-state index is 0. The summed E-state index contributed by atoms with van der Waals surface area (Å²) in [7, 11) is 0. The highest BCUT2D eigenvalue weighted by Gasteiger charge is 2.16. The largest absolute Gasteiger partial charge is 1.00 e. The maximum atomic E-state index is 11.7. The van der Waals surface area contributed by atoms with E-state index in [1.165, 1.54) is 0 Å². The molecule has 0 aliphatic heterocycles. The van der Waals surface area contributed by atoms with Crippen LogP contribution in [-0.2, 0) is 16.1 Å². The molecule has 6 nitrogen and oxygen atoms in total. The van der Waals surface area contributed by atoms with Crippen LogP contribution in [0.3, 0.4) is 0 Å². The third kappa shape index (κ3) is 4.43. The van der Waals surface area contributed by atoms with Gasteiger partial charge in [0.05, 0.1) is 23.4 Å². The number of para-hydroxylation sites is 1. The minimum Gasteiger partial charge on any atom is -1.00 e. The van der Waals surface area contributed by atoms with Crippen LogP contribution in [0.1, 0.15) is 17.3 Å². The molecule has 0 saturated heterocycles. The van der Waals surface area contributed by atoms with E-state index in [0.717, 1.165) is 17.5 Å². The van der Waals surface area contributed by atoms with Gasteiger partial charge in [-0.15, -0.1) is 0 Å². The van der Waals surface area contributed by atoms with Crippen LogP contribution in [0, 0.1) is 0 Å². The first-order valence-electron chi connectivity index (χ1n) is 7.96. The monoisotopic (exact) mass is 415 g/mol. The van der Waals surface area contributed by atoms with E-state index in [-0.39, 0.29) is 29.5 Å². The molecular formula is C19H18BrN3O3. The average Bonchev–Trinajstić information content (AvgIpc) is 3.07. The lowest BCUT2D eigenvalue weighted by Crippen LogP contribution is -3.00. The van der Waals surface area contributed by atoms with Crippen molar-refractivity contribution in [1.29, 1.82) is 0 Å². The van der Waals surface area contributed by atoms with Crippen molar-refractivity contribution in [3.05, 3.63) is 66.6 Å². The number of benzene rings is 1. The zero-order valence-corrected chi connectivity index (χ0v) is 15.8. The summed E-state index contributed by atoms with van der Waals surface area (Å²) in [5.74, 6) is -0.310. The summed E-state index contributed by atoms with van der Waals surface area (Å²) in [5, 5.41) is 4.53. The topological polar surface area (TPSA) is 65.1 Å². The number of carbonyl (C=O) groups excluding carboxylic acids is 2. The number of nitrogens with zero attached hydrogens (tertiary/aromatic N) is 3. The molecule has 0 atom stereocenters. The van der Waals surface area contributed by atoms with Crippen molar-refractivity contribution in [2.45, 2.75) is 13.5 Å². The predicted molar refractivity (Wildman–Crippen MR) is 91.2 cm³/mol. The predicted octanol–water partition coefficient (Wildman–Crippen LogP) is -0.794. The Bertz CT molecular complexity index is 894. The lowest BCUT2D eigenvalue weighted by atomic mass is 10.1. The second-order valence-electron chi connectivity index (χ2n) is 5.40. The standard InChI is InChI=1S/C19H18N3O3.BrH/c1-2-25-18(24)13-21-10-6-7-15(11-21)19-16(14-23)12-22(20-19)17-8-4-3-5-9-17;/h3-12,14H,2,13H2,1H3;1H/q+1;/p-1. The Morgan fingerprint density at radius 3 is 2.69 bits per heavy atom. The van der Waals surface area contributed by atoms with Gasteiger partial charge in [0.1, 0.15) is 5.69 Å². The molecule has 0 radical (unpaired) electrons. The van der Waals surface area contributed by atoms with E-state index < -0.39 is 0 Å². The number of ether oxygens (including phenoxy) is 1. The fourth-order valence-corrected chi connectivity index (χ4v) is 2.53. The third-order valence-electron chi connectivity index (χ3n) is 3.64. The van der Waals surface area contributed by atoms with Gasteiger partial charge < -0.3 is 21.7 Å². The number of aldehydes is 1. The maximum absolute atomic E-state index is 11.7. The number of hydrogen-bond donors (Lipinski definition) is 0. The number of hydrogen-bond acceptors (Lipinski definition) is 4. The van der Waals surface area contributed by atoms with E-state index in [4.69, 9.17) is 4.74 Å². The molecule has 2 aromatic heterocycles. The highest BCUT2D eigenvalue weighted by atomic mass is 79.9. The Labute approximate surface area is 161 Å². The smallest absolute Gasteiger partial charge is 0.372 e. The Morgan fingerprint density at radius 1 is 1.23 bits per heavy atom. The first-order chi connectivity index (χ1) is 12.2.